The van der Waals surface area contributed by atoms with Gasteiger partial charge in [-0.25, -0.2) is 4.39 Å². The summed E-state index contributed by atoms with van der Waals surface area (Å²) in [6.45, 7) is 1.05. The van der Waals surface area contributed by atoms with Crippen LogP contribution in [-0.2, 0) is 0 Å². The van der Waals surface area contributed by atoms with Crippen LogP contribution in [0.5, 0.6) is 5.75 Å². The van der Waals surface area contributed by atoms with Gasteiger partial charge in [0.25, 0.3) is 5.91 Å². The lowest BCUT2D eigenvalue weighted by atomic mass is 9.99. The van der Waals surface area contributed by atoms with Crippen molar-refractivity contribution in [3.63, 3.8) is 0 Å². The zero-order valence-electron chi connectivity index (χ0n) is 11.3. The van der Waals surface area contributed by atoms with E-state index in [9.17, 15) is 14.3 Å². The molecule has 0 unspecified atom stereocenters. The highest BCUT2D eigenvalue weighted by atomic mass is 32.1. The number of carbonyl (C=O) groups is 1. The summed E-state index contributed by atoms with van der Waals surface area (Å²) in [5.41, 5.74) is 2.19. The predicted octanol–water partition coefficient (Wildman–Crippen LogP) is 3.52. The van der Waals surface area contributed by atoms with Crippen LogP contribution in [-0.4, -0.2) is 29.0 Å². The van der Waals surface area contributed by atoms with E-state index >= 15 is 0 Å². The highest BCUT2D eigenvalue weighted by Crippen LogP contribution is 2.26. The summed E-state index contributed by atoms with van der Waals surface area (Å²) in [5.74, 6) is -0.457. The number of aromatic hydroxyl groups is 1. The summed E-state index contributed by atoms with van der Waals surface area (Å²) in [5, 5.41) is 10.9. The number of benzene rings is 1. The second-order valence-corrected chi connectivity index (χ2v) is 5.79. The molecule has 1 aliphatic rings. The molecule has 21 heavy (non-hydrogen) atoms. The summed E-state index contributed by atoms with van der Waals surface area (Å²) < 4.78 is 13.5. The first kappa shape index (κ1) is 13.8. The number of phenols is 1. The molecule has 0 saturated carbocycles. The fraction of sp³-hybridized carbons (Fsp3) is 0.188. The van der Waals surface area contributed by atoms with Gasteiger partial charge >= 0.3 is 0 Å². The van der Waals surface area contributed by atoms with E-state index in [2.05, 4.69) is 0 Å². The van der Waals surface area contributed by atoms with Gasteiger partial charge in [0.05, 0.1) is 0 Å². The lowest BCUT2D eigenvalue weighted by molar-refractivity contribution is 0.0773. The van der Waals surface area contributed by atoms with E-state index in [1.54, 1.807) is 22.4 Å². The molecule has 1 amide bonds. The highest BCUT2D eigenvalue weighted by molar-refractivity contribution is 7.12. The molecule has 0 aliphatic carbocycles. The normalized spacial score (nSPS) is 14.9. The quantitative estimate of drug-likeness (QED) is 0.922. The molecule has 1 aromatic heterocycles. The molecule has 5 heteroatoms. The fourth-order valence-electron chi connectivity index (χ4n) is 2.38. The lowest BCUT2D eigenvalue weighted by Gasteiger charge is -2.26. The van der Waals surface area contributed by atoms with Crippen LogP contribution in [0.3, 0.4) is 0 Å². The van der Waals surface area contributed by atoms with Crippen molar-refractivity contribution in [2.45, 2.75) is 6.42 Å². The van der Waals surface area contributed by atoms with E-state index in [1.165, 1.54) is 6.07 Å². The summed E-state index contributed by atoms with van der Waals surface area (Å²) in [7, 11) is 0. The van der Waals surface area contributed by atoms with Crippen LogP contribution in [0.25, 0.3) is 5.57 Å². The standard InChI is InChI=1S/C16H14FNO2S/c17-14-7-10-21-15(14)16(20)18-8-5-12(6-9-18)11-1-3-13(19)4-2-11/h1-5,7,10,19H,6,8-9H2. The zero-order chi connectivity index (χ0) is 14.8. The Kier molecular flexibility index (Phi) is 3.75. The molecule has 0 spiro atoms. The van der Waals surface area contributed by atoms with Gasteiger partial charge in [-0.05, 0) is 41.1 Å². The van der Waals surface area contributed by atoms with Gasteiger partial charge in [-0.3, -0.25) is 4.79 Å². The molecule has 2 aromatic rings. The molecule has 3 nitrogen and oxygen atoms in total. The third-order valence-electron chi connectivity index (χ3n) is 3.55. The van der Waals surface area contributed by atoms with Gasteiger partial charge < -0.3 is 10.0 Å². The number of hydrogen-bond acceptors (Lipinski definition) is 3. The number of amides is 1. The number of halogens is 1. The fourth-order valence-corrected chi connectivity index (χ4v) is 3.12. The largest absolute Gasteiger partial charge is 0.508 e. The Hall–Kier alpha value is -2.14. The van der Waals surface area contributed by atoms with E-state index in [4.69, 9.17) is 0 Å². The molecule has 0 bridgehead atoms. The Morgan fingerprint density at radius 3 is 2.57 bits per heavy atom. The number of nitrogens with zero attached hydrogens (tertiary/aromatic N) is 1. The highest BCUT2D eigenvalue weighted by Gasteiger charge is 2.22. The van der Waals surface area contributed by atoms with E-state index in [1.807, 2.05) is 18.2 Å². The molecular formula is C16H14FNO2S. The van der Waals surface area contributed by atoms with E-state index in [0.717, 1.165) is 28.9 Å². The average molecular weight is 303 g/mol. The van der Waals surface area contributed by atoms with Crippen molar-refractivity contribution in [1.82, 2.24) is 4.90 Å². The Morgan fingerprint density at radius 2 is 2.00 bits per heavy atom. The number of thiophene rings is 1. The number of hydrogen-bond donors (Lipinski definition) is 1. The van der Waals surface area contributed by atoms with Crippen molar-refractivity contribution in [1.29, 1.82) is 0 Å². The lowest BCUT2D eigenvalue weighted by Crippen LogP contribution is -2.34. The van der Waals surface area contributed by atoms with Crippen LogP contribution < -0.4 is 0 Å². The van der Waals surface area contributed by atoms with Crippen LogP contribution in [0.2, 0.25) is 0 Å². The molecule has 0 radical (unpaired) electrons. The van der Waals surface area contributed by atoms with E-state index in [-0.39, 0.29) is 16.5 Å². The van der Waals surface area contributed by atoms with Crippen LogP contribution in [0, 0.1) is 5.82 Å². The maximum Gasteiger partial charge on any atom is 0.267 e. The summed E-state index contributed by atoms with van der Waals surface area (Å²) in [6, 6.07) is 8.33. The molecule has 0 saturated heterocycles. The first-order valence-electron chi connectivity index (χ1n) is 6.66. The molecule has 2 heterocycles. The van der Waals surface area contributed by atoms with Crippen molar-refractivity contribution < 1.29 is 14.3 Å². The minimum Gasteiger partial charge on any atom is -0.508 e. The zero-order valence-corrected chi connectivity index (χ0v) is 12.1. The molecule has 1 aromatic carbocycles. The van der Waals surface area contributed by atoms with Crippen LogP contribution in [0.1, 0.15) is 21.7 Å². The van der Waals surface area contributed by atoms with E-state index in [0.29, 0.717) is 13.1 Å². The molecule has 0 atom stereocenters. The summed E-state index contributed by atoms with van der Waals surface area (Å²) >= 11 is 1.14. The predicted molar refractivity (Wildman–Crippen MR) is 80.9 cm³/mol. The topological polar surface area (TPSA) is 40.5 Å². The molecule has 1 aliphatic heterocycles. The van der Waals surface area contributed by atoms with Crippen molar-refractivity contribution in [2.24, 2.45) is 0 Å². The molecule has 108 valence electrons. The SMILES string of the molecule is O=C(c1sccc1F)N1CC=C(c2ccc(O)cc2)CC1. The minimum atomic E-state index is -0.446. The van der Waals surface area contributed by atoms with Gasteiger partial charge in [-0.15, -0.1) is 11.3 Å². The van der Waals surface area contributed by atoms with Crippen LogP contribution >= 0.6 is 11.3 Å². The molecule has 0 fully saturated rings. The summed E-state index contributed by atoms with van der Waals surface area (Å²) in [6.07, 6.45) is 2.71. The Morgan fingerprint density at radius 1 is 1.24 bits per heavy atom. The van der Waals surface area contributed by atoms with Crippen molar-refractivity contribution in [2.75, 3.05) is 13.1 Å². The minimum absolute atomic E-state index is 0.177. The first-order chi connectivity index (χ1) is 10.1. The van der Waals surface area contributed by atoms with Gasteiger partial charge in [0.2, 0.25) is 0 Å². The number of carbonyl (C=O) groups excluding carboxylic acids is 1. The monoisotopic (exact) mass is 303 g/mol. The number of rotatable bonds is 2. The average Bonchev–Trinajstić information content (AvgIpc) is 2.94. The van der Waals surface area contributed by atoms with Gasteiger partial charge in [-0.1, -0.05) is 18.2 Å². The van der Waals surface area contributed by atoms with Gasteiger partial charge in [0.15, 0.2) is 0 Å². The first-order valence-corrected chi connectivity index (χ1v) is 7.54. The number of phenolic OH excluding ortho intramolecular Hbond substituents is 1. The third-order valence-corrected chi connectivity index (χ3v) is 4.42. The van der Waals surface area contributed by atoms with Crippen molar-refractivity contribution in [3.05, 3.63) is 58.0 Å². The van der Waals surface area contributed by atoms with Gasteiger partial charge in [-0.2, -0.15) is 0 Å². The third kappa shape index (κ3) is 2.83. The maximum absolute atomic E-state index is 13.5. The second kappa shape index (κ2) is 5.69. The molecule has 3 rings (SSSR count). The van der Waals surface area contributed by atoms with E-state index < -0.39 is 5.82 Å². The molecular weight excluding hydrogens is 289 g/mol. The Bertz CT molecular complexity index is 691. The van der Waals surface area contributed by atoms with Gasteiger partial charge in [0.1, 0.15) is 16.4 Å². The smallest absolute Gasteiger partial charge is 0.267 e. The summed E-state index contributed by atoms with van der Waals surface area (Å²) in [4.78, 5) is 14.0. The second-order valence-electron chi connectivity index (χ2n) is 4.88. The van der Waals surface area contributed by atoms with Crippen LogP contribution in [0.4, 0.5) is 4.39 Å². The van der Waals surface area contributed by atoms with Gasteiger partial charge in [0, 0.05) is 13.1 Å². The Balaban J connectivity index is 1.73. The van der Waals surface area contributed by atoms with Crippen molar-refractivity contribution in [3.8, 4) is 5.75 Å². The van der Waals surface area contributed by atoms with Crippen molar-refractivity contribution >= 4 is 22.8 Å². The molecule has 1 N–H and O–H groups in total. The Labute approximate surface area is 126 Å². The van der Waals surface area contributed by atoms with Crippen LogP contribution in [0.15, 0.2) is 41.8 Å². The maximum atomic E-state index is 13.5.